The Balaban J connectivity index is 1.79. The van der Waals surface area contributed by atoms with Gasteiger partial charge in [0.1, 0.15) is 12.7 Å². The number of hydrogen-bond donors (Lipinski definition) is 1. The first-order valence-electron chi connectivity index (χ1n) is 7.72. The Morgan fingerprint density at radius 3 is 2.65 bits per heavy atom. The number of amides is 1. The van der Waals surface area contributed by atoms with Gasteiger partial charge in [0.05, 0.1) is 10.5 Å². The number of nitro groups is 1. The molecule has 0 radical (unpaired) electrons. The highest BCUT2D eigenvalue weighted by molar-refractivity contribution is 5.67. The van der Waals surface area contributed by atoms with E-state index in [4.69, 9.17) is 10.00 Å². The van der Waals surface area contributed by atoms with Gasteiger partial charge in [0.2, 0.25) is 0 Å². The number of carbonyl (C=O) groups is 1. The minimum absolute atomic E-state index is 0.141. The summed E-state index contributed by atoms with van der Waals surface area (Å²) in [6, 6.07) is 15.1. The minimum atomic E-state index is -0.566. The number of nitrogens with zero attached hydrogens (tertiary/aromatic N) is 2. The molecule has 7 heteroatoms. The van der Waals surface area contributed by atoms with Crippen LogP contribution in [0.15, 0.2) is 48.5 Å². The molecule has 1 amide bonds. The van der Waals surface area contributed by atoms with Gasteiger partial charge in [0.15, 0.2) is 0 Å². The fraction of sp³-hybridized carbons (Fsp3) is 0.158. The molecule has 0 heterocycles. The molecular formula is C19H15N3O4. The number of nitriles is 1. The van der Waals surface area contributed by atoms with Crippen molar-refractivity contribution in [1.29, 1.82) is 5.26 Å². The molecule has 0 aliphatic heterocycles. The Morgan fingerprint density at radius 1 is 1.19 bits per heavy atom. The second-order valence-corrected chi connectivity index (χ2v) is 5.14. The van der Waals surface area contributed by atoms with Gasteiger partial charge < -0.3 is 10.1 Å². The number of nitro benzene ring substituents is 1. The van der Waals surface area contributed by atoms with E-state index in [9.17, 15) is 14.9 Å². The predicted molar refractivity (Wildman–Crippen MR) is 93.9 cm³/mol. The van der Waals surface area contributed by atoms with E-state index < -0.39 is 11.0 Å². The summed E-state index contributed by atoms with van der Waals surface area (Å²) in [7, 11) is 0. The maximum absolute atomic E-state index is 11.6. The van der Waals surface area contributed by atoms with Crippen molar-refractivity contribution in [2.24, 2.45) is 0 Å². The molecule has 1 N–H and O–H groups in total. The molecule has 0 fully saturated rings. The molecule has 0 atom stereocenters. The van der Waals surface area contributed by atoms with Crippen LogP contribution in [-0.2, 0) is 11.3 Å². The zero-order chi connectivity index (χ0) is 18.8. The summed E-state index contributed by atoms with van der Waals surface area (Å²) >= 11 is 0. The van der Waals surface area contributed by atoms with Crippen LogP contribution in [0.2, 0.25) is 0 Å². The Hall–Kier alpha value is -3.84. The number of carbonyl (C=O) groups excluding carboxylic acids is 1. The number of rotatable bonds is 5. The van der Waals surface area contributed by atoms with E-state index in [-0.39, 0.29) is 24.4 Å². The molecule has 0 aliphatic carbocycles. The van der Waals surface area contributed by atoms with Crippen molar-refractivity contribution >= 4 is 11.8 Å². The van der Waals surface area contributed by atoms with Gasteiger partial charge in [-0.05, 0) is 11.6 Å². The molecule has 0 bridgehead atoms. The monoisotopic (exact) mass is 349 g/mol. The van der Waals surface area contributed by atoms with Crippen LogP contribution in [0.3, 0.4) is 0 Å². The van der Waals surface area contributed by atoms with Crippen molar-refractivity contribution in [1.82, 2.24) is 5.32 Å². The molecular weight excluding hydrogens is 334 g/mol. The molecule has 0 saturated carbocycles. The fourth-order valence-electron chi connectivity index (χ4n) is 2.01. The molecule has 0 saturated heterocycles. The van der Waals surface area contributed by atoms with Crippen LogP contribution >= 0.6 is 0 Å². The van der Waals surface area contributed by atoms with Crippen LogP contribution in [-0.4, -0.2) is 17.6 Å². The standard InChI is InChI=1S/C19H15N3O4/c20-13-17-12-18(22(24)25)10-9-16(17)8-4-5-11-21-19(23)26-14-15-6-2-1-3-7-15/h1-3,6-7,9-10,12H,5,11,14H2,(H,21,23). The van der Waals surface area contributed by atoms with E-state index >= 15 is 0 Å². The Labute approximate surface area is 150 Å². The average molecular weight is 349 g/mol. The Morgan fingerprint density at radius 2 is 1.96 bits per heavy atom. The summed E-state index contributed by atoms with van der Waals surface area (Å²) < 4.78 is 5.06. The topological polar surface area (TPSA) is 105 Å². The summed E-state index contributed by atoms with van der Waals surface area (Å²) in [4.78, 5) is 21.7. The number of ether oxygens (including phenoxy) is 1. The molecule has 130 valence electrons. The van der Waals surface area contributed by atoms with Crippen molar-refractivity contribution in [2.75, 3.05) is 6.54 Å². The molecule has 0 spiro atoms. The lowest BCUT2D eigenvalue weighted by Crippen LogP contribution is -2.24. The van der Waals surface area contributed by atoms with Crippen LogP contribution in [0.4, 0.5) is 10.5 Å². The maximum Gasteiger partial charge on any atom is 0.407 e. The molecule has 0 aromatic heterocycles. The van der Waals surface area contributed by atoms with Gasteiger partial charge in [0, 0.05) is 30.7 Å². The van der Waals surface area contributed by atoms with Gasteiger partial charge in [-0.3, -0.25) is 10.1 Å². The number of non-ortho nitro benzene ring substituents is 1. The lowest BCUT2D eigenvalue weighted by molar-refractivity contribution is -0.384. The molecule has 0 aliphatic rings. The SMILES string of the molecule is N#Cc1cc([N+](=O)[O-])ccc1C#CCCNC(=O)OCc1ccccc1. The van der Waals surface area contributed by atoms with Crippen molar-refractivity contribution in [3.8, 4) is 17.9 Å². The normalized spacial score (nSPS) is 9.35. The van der Waals surface area contributed by atoms with Crippen molar-refractivity contribution in [3.63, 3.8) is 0 Å². The van der Waals surface area contributed by atoms with Crippen LogP contribution in [0.1, 0.15) is 23.1 Å². The van der Waals surface area contributed by atoms with Gasteiger partial charge in [0.25, 0.3) is 5.69 Å². The van der Waals surface area contributed by atoms with Crippen LogP contribution in [0, 0.1) is 33.3 Å². The third-order valence-electron chi connectivity index (χ3n) is 3.29. The first-order valence-corrected chi connectivity index (χ1v) is 7.72. The van der Waals surface area contributed by atoms with Gasteiger partial charge in [-0.2, -0.15) is 5.26 Å². The lowest BCUT2D eigenvalue weighted by Gasteiger charge is -2.05. The minimum Gasteiger partial charge on any atom is -0.445 e. The summed E-state index contributed by atoms with van der Waals surface area (Å²) in [5, 5.41) is 22.3. The van der Waals surface area contributed by atoms with Crippen molar-refractivity contribution in [2.45, 2.75) is 13.0 Å². The third kappa shape index (κ3) is 5.66. The number of nitrogens with one attached hydrogen (secondary N) is 1. The zero-order valence-electron chi connectivity index (χ0n) is 13.8. The quantitative estimate of drug-likeness (QED) is 0.386. The van der Waals surface area contributed by atoms with Crippen LogP contribution in [0.5, 0.6) is 0 Å². The highest BCUT2D eigenvalue weighted by atomic mass is 16.6. The highest BCUT2D eigenvalue weighted by Gasteiger charge is 2.09. The molecule has 0 unspecified atom stereocenters. The van der Waals surface area contributed by atoms with Gasteiger partial charge >= 0.3 is 6.09 Å². The number of benzene rings is 2. The lowest BCUT2D eigenvalue weighted by atomic mass is 10.1. The molecule has 2 rings (SSSR count). The fourth-order valence-corrected chi connectivity index (χ4v) is 2.01. The smallest absolute Gasteiger partial charge is 0.407 e. The largest absolute Gasteiger partial charge is 0.445 e. The average Bonchev–Trinajstić information content (AvgIpc) is 2.66. The summed E-state index contributed by atoms with van der Waals surface area (Å²) in [5.74, 6) is 5.59. The van der Waals surface area contributed by atoms with E-state index in [1.54, 1.807) is 0 Å². The number of alkyl carbamates (subject to hydrolysis) is 1. The third-order valence-corrected chi connectivity index (χ3v) is 3.29. The van der Waals surface area contributed by atoms with E-state index in [1.807, 2.05) is 36.4 Å². The van der Waals surface area contributed by atoms with E-state index in [1.165, 1.54) is 18.2 Å². The predicted octanol–water partition coefficient (Wildman–Crippen LogP) is 3.13. The van der Waals surface area contributed by atoms with Gasteiger partial charge in [-0.15, -0.1) is 0 Å². The Kier molecular flexibility index (Phi) is 6.73. The Bertz CT molecular complexity index is 892. The second kappa shape index (κ2) is 9.45. The van der Waals surface area contributed by atoms with Gasteiger partial charge in [-0.1, -0.05) is 42.2 Å². The van der Waals surface area contributed by atoms with Crippen LogP contribution < -0.4 is 5.32 Å². The summed E-state index contributed by atoms with van der Waals surface area (Å²) in [5.41, 5.74) is 1.28. The summed E-state index contributed by atoms with van der Waals surface area (Å²) in [6.07, 6.45) is -0.189. The van der Waals surface area contributed by atoms with Crippen LogP contribution in [0.25, 0.3) is 0 Å². The summed E-state index contributed by atoms with van der Waals surface area (Å²) in [6.45, 7) is 0.474. The van der Waals surface area contributed by atoms with E-state index in [0.29, 0.717) is 12.0 Å². The molecule has 2 aromatic carbocycles. The highest BCUT2D eigenvalue weighted by Crippen LogP contribution is 2.16. The molecule has 26 heavy (non-hydrogen) atoms. The maximum atomic E-state index is 11.6. The second-order valence-electron chi connectivity index (χ2n) is 5.14. The molecule has 2 aromatic rings. The van der Waals surface area contributed by atoms with E-state index in [2.05, 4.69) is 17.2 Å². The zero-order valence-corrected chi connectivity index (χ0v) is 13.8. The number of hydrogen-bond acceptors (Lipinski definition) is 5. The van der Waals surface area contributed by atoms with Crippen molar-refractivity contribution in [3.05, 3.63) is 75.3 Å². The first kappa shape index (κ1) is 18.5. The first-order chi connectivity index (χ1) is 12.6. The van der Waals surface area contributed by atoms with Gasteiger partial charge in [-0.25, -0.2) is 4.79 Å². The molecule has 7 nitrogen and oxygen atoms in total. The van der Waals surface area contributed by atoms with E-state index in [0.717, 1.165) is 5.56 Å². The van der Waals surface area contributed by atoms with Crippen molar-refractivity contribution < 1.29 is 14.5 Å².